The molecule has 0 amide bonds. The summed E-state index contributed by atoms with van der Waals surface area (Å²) in [6.45, 7) is 8.95. The van der Waals surface area contributed by atoms with Gasteiger partial charge in [0.15, 0.2) is 0 Å². The minimum atomic E-state index is -3.66. The molecule has 1 saturated heterocycles. The summed E-state index contributed by atoms with van der Waals surface area (Å²) in [6.07, 6.45) is 1.64. The number of nitrogens with zero attached hydrogens (tertiary/aromatic N) is 2. The second-order valence-electron chi connectivity index (χ2n) is 6.69. The Kier molecular flexibility index (Phi) is 6.30. The van der Waals surface area contributed by atoms with Gasteiger partial charge in [0.2, 0.25) is 0 Å². The molecule has 0 atom stereocenters. The second kappa shape index (κ2) is 8.69. The number of pyridine rings is 1. The molecule has 0 saturated carbocycles. The molecule has 27 heavy (non-hydrogen) atoms. The molecule has 3 rings (SSSR count). The van der Waals surface area contributed by atoms with Gasteiger partial charge in [-0.2, -0.15) is 0 Å². The standard InChI is InChI=1S/C19H26N4O3S/c1-15-3-5-18(16(2)13-15)27(24,25)22-19-6-4-17(14-21-19)20-7-8-23-9-11-26-12-10-23/h3-6,13-14,20H,7-12H2,1-2H3,(H,21,22). The van der Waals surface area contributed by atoms with E-state index in [9.17, 15) is 8.42 Å². The quantitative estimate of drug-likeness (QED) is 0.754. The van der Waals surface area contributed by atoms with Crippen LogP contribution in [0.2, 0.25) is 0 Å². The van der Waals surface area contributed by atoms with Crippen molar-refractivity contribution in [3.63, 3.8) is 0 Å². The van der Waals surface area contributed by atoms with Crippen LogP contribution in [0.3, 0.4) is 0 Å². The van der Waals surface area contributed by atoms with Gasteiger partial charge in [-0.15, -0.1) is 0 Å². The Morgan fingerprint density at radius 3 is 2.59 bits per heavy atom. The zero-order valence-corrected chi connectivity index (χ0v) is 16.6. The fourth-order valence-electron chi connectivity index (χ4n) is 3.04. The van der Waals surface area contributed by atoms with E-state index in [1.54, 1.807) is 31.3 Å². The number of sulfonamides is 1. The van der Waals surface area contributed by atoms with Gasteiger partial charge in [0.05, 0.1) is 30.0 Å². The molecule has 0 radical (unpaired) electrons. The van der Waals surface area contributed by atoms with Crippen molar-refractivity contribution >= 4 is 21.5 Å². The molecule has 2 N–H and O–H groups in total. The summed E-state index contributed by atoms with van der Waals surface area (Å²) in [7, 11) is -3.66. The van der Waals surface area contributed by atoms with Gasteiger partial charge in [-0.05, 0) is 37.6 Å². The number of ether oxygens (including phenoxy) is 1. The lowest BCUT2D eigenvalue weighted by Crippen LogP contribution is -2.39. The summed E-state index contributed by atoms with van der Waals surface area (Å²) in [4.78, 5) is 6.83. The first-order valence-electron chi connectivity index (χ1n) is 9.04. The number of aryl methyl sites for hydroxylation is 2. The van der Waals surface area contributed by atoms with Crippen LogP contribution in [-0.4, -0.2) is 57.7 Å². The lowest BCUT2D eigenvalue weighted by Gasteiger charge is -2.26. The Morgan fingerprint density at radius 2 is 1.93 bits per heavy atom. The third-order valence-electron chi connectivity index (χ3n) is 4.48. The van der Waals surface area contributed by atoms with Crippen molar-refractivity contribution in [2.24, 2.45) is 0 Å². The molecule has 0 bridgehead atoms. The van der Waals surface area contributed by atoms with Crippen LogP contribution in [0.25, 0.3) is 0 Å². The number of morpholine rings is 1. The van der Waals surface area contributed by atoms with Gasteiger partial charge in [0.1, 0.15) is 5.82 Å². The number of hydrogen-bond acceptors (Lipinski definition) is 6. The van der Waals surface area contributed by atoms with Gasteiger partial charge in [-0.1, -0.05) is 17.7 Å². The SMILES string of the molecule is Cc1ccc(S(=O)(=O)Nc2ccc(NCCN3CCOCC3)cn2)c(C)c1. The third-order valence-corrected chi connectivity index (χ3v) is 6.00. The highest BCUT2D eigenvalue weighted by atomic mass is 32.2. The topological polar surface area (TPSA) is 83.6 Å². The summed E-state index contributed by atoms with van der Waals surface area (Å²) < 4.78 is 33.0. The molecular formula is C19H26N4O3S. The van der Waals surface area contributed by atoms with Crippen LogP contribution in [0.5, 0.6) is 0 Å². The zero-order chi connectivity index (χ0) is 19.3. The van der Waals surface area contributed by atoms with Crippen LogP contribution < -0.4 is 10.0 Å². The highest BCUT2D eigenvalue weighted by Crippen LogP contribution is 2.20. The van der Waals surface area contributed by atoms with Crippen LogP contribution in [0, 0.1) is 13.8 Å². The summed E-state index contributed by atoms with van der Waals surface area (Å²) in [5, 5.41) is 3.31. The molecule has 1 aromatic heterocycles. The highest BCUT2D eigenvalue weighted by Gasteiger charge is 2.17. The Morgan fingerprint density at radius 1 is 1.15 bits per heavy atom. The van der Waals surface area contributed by atoms with Gasteiger partial charge in [0, 0.05) is 26.2 Å². The molecule has 1 aliphatic rings. The molecule has 1 aliphatic heterocycles. The average Bonchev–Trinajstić information content (AvgIpc) is 2.63. The number of hydrogen-bond donors (Lipinski definition) is 2. The summed E-state index contributed by atoms with van der Waals surface area (Å²) in [5.74, 6) is 0.300. The largest absolute Gasteiger partial charge is 0.383 e. The summed E-state index contributed by atoms with van der Waals surface area (Å²) in [5.41, 5.74) is 2.60. The van der Waals surface area contributed by atoms with Gasteiger partial charge in [-0.25, -0.2) is 13.4 Å². The van der Waals surface area contributed by atoms with E-state index in [4.69, 9.17) is 4.74 Å². The van der Waals surface area contributed by atoms with Crippen molar-refractivity contribution in [2.75, 3.05) is 49.4 Å². The average molecular weight is 391 g/mol. The maximum Gasteiger partial charge on any atom is 0.263 e. The van der Waals surface area contributed by atoms with Crippen LogP contribution >= 0.6 is 0 Å². The van der Waals surface area contributed by atoms with Crippen LogP contribution in [0.15, 0.2) is 41.4 Å². The van der Waals surface area contributed by atoms with Crippen molar-refractivity contribution in [3.05, 3.63) is 47.7 Å². The fraction of sp³-hybridized carbons (Fsp3) is 0.421. The van der Waals surface area contributed by atoms with Crippen molar-refractivity contribution < 1.29 is 13.2 Å². The molecule has 0 aliphatic carbocycles. The van der Waals surface area contributed by atoms with Gasteiger partial charge >= 0.3 is 0 Å². The van der Waals surface area contributed by atoms with E-state index >= 15 is 0 Å². The van der Waals surface area contributed by atoms with E-state index in [2.05, 4.69) is 19.9 Å². The molecule has 2 heterocycles. The monoisotopic (exact) mass is 390 g/mol. The van der Waals surface area contributed by atoms with Crippen LogP contribution in [-0.2, 0) is 14.8 Å². The smallest absolute Gasteiger partial charge is 0.263 e. The molecule has 0 unspecified atom stereocenters. The third kappa shape index (κ3) is 5.41. The van der Waals surface area contributed by atoms with E-state index in [1.165, 1.54) is 0 Å². The number of nitrogens with one attached hydrogen (secondary N) is 2. The number of aromatic nitrogens is 1. The van der Waals surface area contributed by atoms with Crippen molar-refractivity contribution in [2.45, 2.75) is 18.7 Å². The predicted molar refractivity (Wildman–Crippen MR) is 107 cm³/mol. The Hall–Kier alpha value is -2.16. The molecule has 2 aromatic rings. The van der Waals surface area contributed by atoms with E-state index < -0.39 is 10.0 Å². The van der Waals surface area contributed by atoms with Gasteiger partial charge in [-0.3, -0.25) is 9.62 Å². The minimum absolute atomic E-state index is 0.266. The summed E-state index contributed by atoms with van der Waals surface area (Å²) in [6, 6.07) is 8.75. The number of rotatable bonds is 7. The van der Waals surface area contributed by atoms with Gasteiger partial charge in [0.25, 0.3) is 10.0 Å². The van der Waals surface area contributed by atoms with Crippen molar-refractivity contribution in [3.8, 4) is 0 Å². The molecular weight excluding hydrogens is 364 g/mol. The van der Waals surface area contributed by atoms with Crippen LogP contribution in [0.1, 0.15) is 11.1 Å². The van der Waals surface area contributed by atoms with E-state index in [-0.39, 0.29) is 4.90 Å². The molecule has 0 spiro atoms. The Bertz CT molecular complexity index is 863. The maximum atomic E-state index is 12.6. The van der Waals surface area contributed by atoms with E-state index in [0.29, 0.717) is 11.4 Å². The number of anilines is 2. The minimum Gasteiger partial charge on any atom is -0.383 e. The van der Waals surface area contributed by atoms with Crippen molar-refractivity contribution in [1.82, 2.24) is 9.88 Å². The normalized spacial score (nSPS) is 15.5. The molecule has 146 valence electrons. The fourth-order valence-corrected chi connectivity index (χ4v) is 4.27. The van der Waals surface area contributed by atoms with E-state index in [0.717, 1.165) is 50.6 Å². The predicted octanol–water partition coefficient (Wildman–Crippen LogP) is 2.24. The Labute approximate surface area is 160 Å². The lowest BCUT2D eigenvalue weighted by atomic mass is 10.2. The molecule has 7 nitrogen and oxygen atoms in total. The maximum absolute atomic E-state index is 12.6. The zero-order valence-electron chi connectivity index (χ0n) is 15.7. The lowest BCUT2D eigenvalue weighted by molar-refractivity contribution is 0.0398. The molecule has 1 fully saturated rings. The Balaban J connectivity index is 1.56. The highest BCUT2D eigenvalue weighted by molar-refractivity contribution is 7.92. The number of benzene rings is 1. The molecule has 1 aromatic carbocycles. The summed E-state index contributed by atoms with van der Waals surface area (Å²) >= 11 is 0. The first kappa shape index (κ1) is 19.6. The first-order valence-corrected chi connectivity index (χ1v) is 10.5. The second-order valence-corrected chi connectivity index (χ2v) is 8.34. The first-order chi connectivity index (χ1) is 12.9. The van der Waals surface area contributed by atoms with Gasteiger partial charge < -0.3 is 10.1 Å². The van der Waals surface area contributed by atoms with Crippen LogP contribution in [0.4, 0.5) is 11.5 Å². The molecule has 8 heteroatoms. The van der Waals surface area contributed by atoms with Crippen molar-refractivity contribution in [1.29, 1.82) is 0 Å². The van der Waals surface area contributed by atoms with E-state index in [1.807, 2.05) is 19.1 Å².